The van der Waals surface area contributed by atoms with Crippen LogP contribution in [-0.2, 0) is 0 Å². The number of nitrogens with zero attached hydrogens (tertiary/aromatic N) is 1. The van der Waals surface area contributed by atoms with E-state index >= 15 is 0 Å². The van der Waals surface area contributed by atoms with Gasteiger partial charge in [-0.3, -0.25) is 14.9 Å². The average molecular weight is 195 g/mol. The minimum absolute atomic E-state index is 0.0317. The number of benzene rings is 1. The third kappa shape index (κ3) is 1.63. The smallest absolute Gasteiger partial charge is 0.271 e. The number of nitrogens with two attached hydrogens (primary N) is 2. The van der Waals surface area contributed by atoms with Gasteiger partial charge >= 0.3 is 0 Å². The fourth-order valence-electron chi connectivity index (χ4n) is 1.24. The Labute approximate surface area is 79.7 Å². The third-order valence-corrected chi connectivity index (χ3v) is 1.81. The fraction of sp³-hybridized carbons (Fsp3) is 0.125. The van der Waals surface area contributed by atoms with Crippen LogP contribution in [0.2, 0.25) is 0 Å². The van der Waals surface area contributed by atoms with E-state index in [0.29, 0.717) is 5.56 Å². The normalized spacial score (nSPS) is 9.79. The summed E-state index contributed by atoms with van der Waals surface area (Å²) >= 11 is 0. The Morgan fingerprint density at radius 2 is 2.07 bits per heavy atom. The summed E-state index contributed by atoms with van der Waals surface area (Å²) in [4.78, 5) is 20.7. The molecule has 0 aliphatic heterocycles. The highest BCUT2D eigenvalue weighted by Gasteiger charge is 2.15. The molecule has 0 atom stereocenters. The summed E-state index contributed by atoms with van der Waals surface area (Å²) in [5.74, 6) is -0.685. The lowest BCUT2D eigenvalue weighted by molar-refractivity contribution is -0.384. The Hall–Kier alpha value is -2.11. The fourth-order valence-corrected chi connectivity index (χ4v) is 1.24. The molecule has 0 saturated carbocycles. The molecular weight excluding hydrogens is 186 g/mol. The van der Waals surface area contributed by atoms with Gasteiger partial charge in [0, 0.05) is 12.1 Å². The molecule has 14 heavy (non-hydrogen) atoms. The molecule has 0 aliphatic rings. The van der Waals surface area contributed by atoms with E-state index in [2.05, 4.69) is 0 Å². The van der Waals surface area contributed by atoms with Crippen molar-refractivity contribution in [1.29, 1.82) is 0 Å². The van der Waals surface area contributed by atoms with Gasteiger partial charge < -0.3 is 11.5 Å². The van der Waals surface area contributed by atoms with E-state index in [1.54, 1.807) is 6.92 Å². The van der Waals surface area contributed by atoms with E-state index in [9.17, 15) is 14.9 Å². The van der Waals surface area contributed by atoms with Crippen LogP contribution in [0.25, 0.3) is 0 Å². The van der Waals surface area contributed by atoms with Gasteiger partial charge in [0.05, 0.1) is 16.2 Å². The van der Waals surface area contributed by atoms with Crippen molar-refractivity contribution in [2.24, 2.45) is 5.73 Å². The molecule has 0 unspecified atom stereocenters. The first-order valence-electron chi connectivity index (χ1n) is 3.77. The molecule has 0 bridgehead atoms. The third-order valence-electron chi connectivity index (χ3n) is 1.81. The van der Waals surface area contributed by atoms with Gasteiger partial charge in [-0.15, -0.1) is 0 Å². The van der Waals surface area contributed by atoms with Crippen LogP contribution in [-0.4, -0.2) is 10.8 Å². The first kappa shape index (κ1) is 9.97. The number of hydrogen-bond donors (Lipinski definition) is 2. The second kappa shape index (κ2) is 3.33. The highest BCUT2D eigenvalue weighted by Crippen LogP contribution is 2.23. The van der Waals surface area contributed by atoms with E-state index in [0.717, 1.165) is 6.07 Å². The summed E-state index contributed by atoms with van der Waals surface area (Å²) in [5.41, 5.74) is 10.9. The first-order chi connectivity index (χ1) is 6.43. The summed E-state index contributed by atoms with van der Waals surface area (Å²) < 4.78 is 0. The predicted octanol–water partition coefficient (Wildman–Crippen LogP) is 0.584. The number of rotatable bonds is 2. The monoisotopic (exact) mass is 195 g/mol. The number of amides is 1. The minimum atomic E-state index is -0.685. The van der Waals surface area contributed by atoms with Gasteiger partial charge in [-0.2, -0.15) is 0 Å². The van der Waals surface area contributed by atoms with Gasteiger partial charge in [-0.05, 0) is 12.5 Å². The van der Waals surface area contributed by atoms with Crippen molar-refractivity contribution in [2.45, 2.75) is 6.92 Å². The summed E-state index contributed by atoms with van der Waals surface area (Å²) in [6, 6.07) is 2.38. The van der Waals surface area contributed by atoms with Crippen molar-refractivity contribution < 1.29 is 9.72 Å². The van der Waals surface area contributed by atoms with Crippen molar-refractivity contribution >= 4 is 17.3 Å². The van der Waals surface area contributed by atoms with Crippen molar-refractivity contribution in [1.82, 2.24) is 0 Å². The highest BCUT2D eigenvalue weighted by atomic mass is 16.6. The predicted molar refractivity (Wildman–Crippen MR) is 50.8 cm³/mol. The average Bonchev–Trinajstić information content (AvgIpc) is 2.01. The molecule has 1 aromatic carbocycles. The highest BCUT2D eigenvalue weighted by molar-refractivity contribution is 5.99. The quantitative estimate of drug-likeness (QED) is 0.408. The number of primary amides is 1. The molecule has 74 valence electrons. The standard InChI is InChI=1S/C8H9N3O3/c1-4-2-5(11(13)14)3-6(9)7(4)8(10)12/h2-3H,9H2,1H3,(H2,10,12). The van der Waals surface area contributed by atoms with Gasteiger partial charge in [-0.25, -0.2) is 0 Å². The Morgan fingerprint density at radius 1 is 1.50 bits per heavy atom. The number of nitrogen functional groups attached to an aromatic ring is 1. The van der Waals surface area contributed by atoms with Crippen molar-refractivity contribution in [3.8, 4) is 0 Å². The molecule has 0 aromatic heterocycles. The maximum atomic E-state index is 10.9. The number of anilines is 1. The number of carbonyl (C=O) groups is 1. The second-order valence-electron chi connectivity index (χ2n) is 2.85. The summed E-state index contributed by atoms with van der Waals surface area (Å²) in [7, 11) is 0. The lowest BCUT2D eigenvalue weighted by atomic mass is 10.1. The molecule has 1 rings (SSSR count). The molecule has 1 amide bonds. The lowest BCUT2D eigenvalue weighted by Gasteiger charge is -2.04. The van der Waals surface area contributed by atoms with Gasteiger partial charge in [0.1, 0.15) is 0 Å². The van der Waals surface area contributed by atoms with Gasteiger partial charge in [0.25, 0.3) is 11.6 Å². The van der Waals surface area contributed by atoms with E-state index in [4.69, 9.17) is 11.5 Å². The van der Waals surface area contributed by atoms with Crippen molar-refractivity contribution in [3.05, 3.63) is 33.4 Å². The number of aryl methyl sites for hydroxylation is 1. The van der Waals surface area contributed by atoms with Gasteiger partial charge in [0.2, 0.25) is 0 Å². The Kier molecular flexibility index (Phi) is 2.37. The van der Waals surface area contributed by atoms with Crippen LogP contribution in [0.4, 0.5) is 11.4 Å². The van der Waals surface area contributed by atoms with E-state index in [1.165, 1.54) is 6.07 Å². The molecule has 0 radical (unpaired) electrons. The molecule has 4 N–H and O–H groups in total. The maximum Gasteiger partial charge on any atom is 0.271 e. The van der Waals surface area contributed by atoms with Crippen LogP contribution in [0.15, 0.2) is 12.1 Å². The van der Waals surface area contributed by atoms with Crippen LogP contribution in [0.5, 0.6) is 0 Å². The van der Waals surface area contributed by atoms with E-state index in [1.807, 2.05) is 0 Å². The molecule has 0 spiro atoms. The number of nitro groups is 1. The second-order valence-corrected chi connectivity index (χ2v) is 2.85. The minimum Gasteiger partial charge on any atom is -0.398 e. The molecule has 0 saturated heterocycles. The Morgan fingerprint density at radius 3 is 2.43 bits per heavy atom. The largest absolute Gasteiger partial charge is 0.398 e. The zero-order valence-electron chi connectivity index (χ0n) is 7.48. The lowest BCUT2D eigenvalue weighted by Crippen LogP contribution is -2.15. The van der Waals surface area contributed by atoms with Crippen LogP contribution in [0.1, 0.15) is 15.9 Å². The number of hydrogen-bond acceptors (Lipinski definition) is 4. The van der Waals surface area contributed by atoms with Crippen LogP contribution < -0.4 is 11.5 Å². The van der Waals surface area contributed by atoms with Gasteiger partial charge in [-0.1, -0.05) is 0 Å². The Balaban J connectivity index is 3.39. The molecule has 0 fully saturated rings. The molecular formula is C8H9N3O3. The molecule has 6 heteroatoms. The van der Waals surface area contributed by atoms with Crippen molar-refractivity contribution in [2.75, 3.05) is 5.73 Å². The summed E-state index contributed by atoms with van der Waals surface area (Å²) in [5, 5.41) is 10.4. The molecule has 6 nitrogen and oxygen atoms in total. The zero-order valence-corrected chi connectivity index (χ0v) is 7.48. The SMILES string of the molecule is Cc1cc([N+](=O)[O-])cc(N)c1C(N)=O. The summed E-state index contributed by atoms with van der Waals surface area (Å²) in [6.45, 7) is 1.55. The topological polar surface area (TPSA) is 112 Å². The van der Waals surface area contributed by atoms with Crippen molar-refractivity contribution in [3.63, 3.8) is 0 Å². The van der Waals surface area contributed by atoms with E-state index < -0.39 is 10.8 Å². The maximum absolute atomic E-state index is 10.9. The molecule has 0 heterocycles. The number of non-ortho nitro benzene ring substituents is 1. The first-order valence-corrected chi connectivity index (χ1v) is 3.77. The number of carbonyl (C=O) groups excluding carboxylic acids is 1. The van der Waals surface area contributed by atoms with Crippen LogP contribution in [0, 0.1) is 17.0 Å². The Bertz CT molecular complexity index is 391. The van der Waals surface area contributed by atoms with Crippen LogP contribution >= 0.6 is 0 Å². The number of nitro benzene ring substituents is 1. The van der Waals surface area contributed by atoms with Gasteiger partial charge in [0.15, 0.2) is 0 Å². The zero-order chi connectivity index (χ0) is 10.9. The summed E-state index contributed by atoms with van der Waals surface area (Å²) in [6.07, 6.45) is 0. The molecule has 1 aromatic rings. The molecule has 0 aliphatic carbocycles. The van der Waals surface area contributed by atoms with Crippen LogP contribution in [0.3, 0.4) is 0 Å². The van der Waals surface area contributed by atoms with E-state index in [-0.39, 0.29) is 16.9 Å².